The molecular formula is C18H14F2O2. The Morgan fingerprint density at radius 2 is 1.82 bits per heavy atom. The lowest BCUT2D eigenvalue weighted by Gasteiger charge is -2.02. The van der Waals surface area contributed by atoms with E-state index in [0.29, 0.717) is 12.4 Å². The zero-order chi connectivity index (χ0) is 15.9. The highest BCUT2D eigenvalue weighted by molar-refractivity contribution is 6.06. The lowest BCUT2D eigenvalue weighted by molar-refractivity contribution is 0.104. The van der Waals surface area contributed by atoms with E-state index in [0.717, 1.165) is 17.7 Å². The summed E-state index contributed by atoms with van der Waals surface area (Å²) in [6, 6.07) is 10.2. The van der Waals surface area contributed by atoms with Gasteiger partial charge in [-0.05, 0) is 42.0 Å². The Labute approximate surface area is 127 Å². The highest BCUT2D eigenvalue weighted by Crippen LogP contribution is 2.14. The number of carbonyl (C=O) groups is 1. The standard InChI is InChI=1S/C18H14F2O2/c1-2-11-22-15-7-3-13(4-8-15)5-10-18(21)14-6-9-16(19)17(20)12-14/h2-10,12H,1,11H2/b10-5+. The summed E-state index contributed by atoms with van der Waals surface area (Å²) in [6.45, 7) is 3.98. The molecule has 2 aromatic carbocycles. The molecule has 0 radical (unpaired) electrons. The smallest absolute Gasteiger partial charge is 0.185 e. The second kappa shape index (κ2) is 7.31. The fraction of sp³-hybridized carbons (Fsp3) is 0.0556. The van der Waals surface area contributed by atoms with Gasteiger partial charge in [0.25, 0.3) is 0 Å². The highest BCUT2D eigenvalue weighted by atomic mass is 19.2. The topological polar surface area (TPSA) is 26.3 Å². The van der Waals surface area contributed by atoms with E-state index in [1.54, 1.807) is 36.4 Å². The second-order valence-electron chi connectivity index (χ2n) is 4.50. The van der Waals surface area contributed by atoms with E-state index in [4.69, 9.17) is 4.74 Å². The molecule has 2 aromatic rings. The SMILES string of the molecule is C=CCOc1ccc(/C=C/C(=O)c2ccc(F)c(F)c2)cc1. The summed E-state index contributed by atoms with van der Waals surface area (Å²) in [4.78, 5) is 11.9. The van der Waals surface area contributed by atoms with Gasteiger partial charge < -0.3 is 4.74 Å². The molecule has 2 rings (SSSR count). The lowest BCUT2D eigenvalue weighted by atomic mass is 10.1. The zero-order valence-corrected chi connectivity index (χ0v) is 11.8. The maximum atomic E-state index is 13.1. The maximum absolute atomic E-state index is 13.1. The van der Waals surface area contributed by atoms with E-state index in [2.05, 4.69) is 6.58 Å². The first-order valence-corrected chi connectivity index (χ1v) is 6.61. The third-order valence-corrected chi connectivity index (χ3v) is 2.88. The first kappa shape index (κ1) is 15.6. The summed E-state index contributed by atoms with van der Waals surface area (Å²) in [5.41, 5.74) is 0.892. The summed E-state index contributed by atoms with van der Waals surface area (Å²) in [5.74, 6) is -1.71. The first-order valence-electron chi connectivity index (χ1n) is 6.61. The normalized spacial score (nSPS) is 10.6. The Bertz CT molecular complexity index is 704. The van der Waals surface area contributed by atoms with Crippen molar-refractivity contribution in [2.75, 3.05) is 6.61 Å². The molecule has 0 spiro atoms. The minimum atomic E-state index is -1.04. The minimum absolute atomic E-state index is 0.0982. The van der Waals surface area contributed by atoms with Gasteiger partial charge in [0.05, 0.1) is 0 Å². The Hall–Kier alpha value is -2.75. The number of halogens is 2. The van der Waals surface area contributed by atoms with Crippen LogP contribution in [0.15, 0.2) is 61.2 Å². The Kier molecular flexibility index (Phi) is 5.20. The van der Waals surface area contributed by atoms with E-state index in [9.17, 15) is 13.6 Å². The molecule has 0 aromatic heterocycles. The van der Waals surface area contributed by atoms with Gasteiger partial charge in [-0.15, -0.1) is 0 Å². The molecule has 0 N–H and O–H groups in total. The van der Waals surface area contributed by atoms with E-state index < -0.39 is 17.4 Å². The molecule has 0 heterocycles. The first-order chi connectivity index (χ1) is 10.6. The van der Waals surface area contributed by atoms with Crippen LogP contribution < -0.4 is 4.74 Å². The highest BCUT2D eigenvalue weighted by Gasteiger charge is 2.07. The van der Waals surface area contributed by atoms with Crippen LogP contribution in [0.2, 0.25) is 0 Å². The second-order valence-corrected chi connectivity index (χ2v) is 4.50. The van der Waals surface area contributed by atoms with Crippen LogP contribution in [0, 0.1) is 11.6 Å². The van der Waals surface area contributed by atoms with Crippen LogP contribution in [-0.4, -0.2) is 12.4 Å². The van der Waals surface area contributed by atoms with E-state index in [1.165, 1.54) is 12.1 Å². The number of ether oxygens (including phenoxy) is 1. The number of allylic oxidation sites excluding steroid dienone is 1. The molecule has 0 bridgehead atoms. The third kappa shape index (κ3) is 4.12. The minimum Gasteiger partial charge on any atom is -0.490 e. The van der Waals surface area contributed by atoms with E-state index in [1.807, 2.05) is 0 Å². The fourth-order valence-corrected chi connectivity index (χ4v) is 1.75. The Morgan fingerprint density at radius 3 is 2.45 bits per heavy atom. The Balaban J connectivity index is 2.05. The van der Waals surface area contributed by atoms with Crippen LogP contribution in [0.25, 0.3) is 6.08 Å². The van der Waals surface area contributed by atoms with Crippen molar-refractivity contribution in [2.24, 2.45) is 0 Å². The molecule has 0 saturated carbocycles. The van der Waals surface area contributed by atoms with Gasteiger partial charge in [-0.3, -0.25) is 4.79 Å². The monoisotopic (exact) mass is 300 g/mol. The van der Waals surface area contributed by atoms with Gasteiger partial charge in [0.15, 0.2) is 17.4 Å². The molecule has 0 aliphatic carbocycles. The van der Waals surface area contributed by atoms with Gasteiger partial charge in [0, 0.05) is 5.56 Å². The van der Waals surface area contributed by atoms with Crippen molar-refractivity contribution in [3.05, 3.63) is 84.0 Å². The number of benzene rings is 2. The molecule has 0 amide bonds. The average Bonchev–Trinajstić information content (AvgIpc) is 2.54. The van der Waals surface area contributed by atoms with Crippen molar-refractivity contribution in [2.45, 2.75) is 0 Å². The summed E-state index contributed by atoms with van der Waals surface area (Å²) < 4.78 is 31.2. The molecule has 0 aliphatic heterocycles. The van der Waals surface area contributed by atoms with Crippen molar-refractivity contribution in [3.8, 4) is 5.75 Å². The molecule has 0 fully saturated rings. The van der Waals surface area contributed by atoms with Gasteiger partial charge in [-0.25, -0.2) is 8.78 Å². The number of rotatable bonds is 6. The fourth-order valence-electron chi connectivity index (χ4n) is 1.75. The molecule has 0 unspecified atom stereocenters. The summed E-state index contributed by atoms with van der Waals surface area (Å²) in [7, 11) is 0. The molecule has 0 atom stereocenters. The predicted molar refractivity (Wildman–Crippen MR) is 81.9 cm³/mol. The molecule has 112 valence electrons. The van der Waals surface area contributed by atoms with Crippen molar-refractivity contribution in [3.63, 3.8) is 0 Å². The van der Waals surface area contributed by atoms with E-state index in [-0.39, 0.29) is 5.56 Å². The van der Waals surface area contributed by atoms with Crippen LogP contribution in [0.3, 0.4) is 0 Å². The van der Waals surface area contributed by atoms with Gasteiger partial charge in [-0.1, -0.05) is 30.9 Å². The van der Waals surface area contributed by atoms with Crippen LogP contribution in [0.1, 0.15) is 15.9 Å². The van der Waals surface area contributed by atoms with Gasteiger partial charge >= 0.3 is 0 Å². The van der Waals surface area contributed by atoms with Crippen molar-refractivity contribution in [1.82, 2.24) is 0 Å². The predicted octanol–water partition coefficient (Wildman–Crippen LogP) is 4.43. The maximum Gasteiger partial charge on any atom is 0.185 e. The molecule has 0 saturated heterocycles. The summed E-state index contributed by atoms with van der Waals surface area (Å²) in [5, 5.41) is 0. The van der Waals surface area contributed by atoms with Crippen LogP contribution in [0.5, 0.6) is 5.75 Å². The third-order valence-electron chi connectivity index (χ3n) is 2.88. The average molecular weight is 300 g/mol. The van der Waals surface area contributed by atoms with Gasteiger partial charge in [-0.2, -0.15) is 0 Å². The summed E-state index contributed by atoms with van der Waals surface area (Å²) in [6.07, 6.45) is 4.56. The molecule has 22 heavy (non-hydrogen) atoms. The van der Waals surface area contributed by atoms with Crippen LogP contribution >= 0.6 is 0 Å². The number of carbonyl (C=O) groups excluding carboxylic acids is 1. The van der Waals surface area contributed by atoms with Crippen molar-refractivity contribution < 1.29 is 18.3 Å². The number of hydrogen-bond acceptors (Lipinski definition) is 2. The number of hydrogen-bond donors (Lipinski definition) is 0. The quantitative estimate of drug-likeness (QED) is 0.448. The van der Waals surface area contributed by atoms with Crippen LogP contribution in [-0.2, 0) is 0 Å². The Morgan fingerprint density at radius 1 is 1.09 bits per heavy atom. The molecule has 2 nitrogen and oxygen atoms in total. The van der Waals surface area contributed by atoms with Gasteiger partial charge in [0.1, 0.15) is 12.4 Å². The number of ketones is 1. The molecular weight excluding hydrogens is 286 g/mol. The summed E-state index contributed by atoms with van der Waals surface area (Å²) >= 11 is 0. The zero-order valence-electron chi connectivity index (χ0n) is 11.8. The van der Waals surface area contributed by atoms with Gasteiger partial charge in [0.2, 0.25) is 0 Å². The van der Waals surface area contributed by atoms with E-state index >= 15 is 0 Å². The lowest BCUT2D eigenvalue weighted by Crippen LogP contribution is -1.96. The van der Waals surface area contributed by atoms with Crippen LogP contribution in [0.4, 0.5) is 8.78 Å². The largest absolute Gasteiger partial charge is 0.490 e. The van der Waals surface area contributed by atoms with Crippen molar-refractivity contribution in [1.29, 1.82) is 0 Å². The molecule has 0 aliphatic rings. The molecule has 4 heteroatoms. The van der Waals surface area contributed by atoms with Crippen molar-refractivity contribution >= 4 is 11.9 Å².